The first-order valence-electron chi connectivity index (χ1n) is 6.95. The van der Waals surface area contributed by atoms with Crippen LogP contribution in [0.25, 0.3) is 0 Å². The molecule has 0 bridgehead atoms. The second-order valence-corrected chi connectivity index (χ2v) is 6.22. The predicted octanol–water partition coefficient (Wildman–Crippen LogP) is 2.02. The first-order chi connectivity index (χ1) is 8.83. The number of Topliss-reactive ketones (excluding diaryl/α,β-unsaturated/α-hetero) is 2. The Balaban J connectivity index is 2.41. The molecular formula is C15H22O4. The van der Waals surface area contributed by atoms with Crippen LogP contribution in [-0.2, 0) is 9.59 Å². The fraction of sp³-hybridized carbons (Fsp3) is 0.733. The van der Waals surface area contributed by atoms with Crippen LogP contribution in [0, 0.1) is 23.7 Å². The van der Waals surface area contributed by atoms with Gasteiger partial charge in [0.1, 0.15) is 5.60 Å². The van der Waals surface area contributed by atoms with Gasteiger partial charge in [0.15, 0.2) is 11.6 Å². The number of carbonyl (C=O) groups is 2. The van der Waals surface area contributed by atoms with Crippen molar-refractivity contribution in [3.63, 3.8) is 0 Å². The van der Waals surface area contributed by atoms with Crippen molar-refractivity contribution < 1.29 is 19.8 Å². The lowest BCUT2D eigenvalue weighted by Crippen LogP contribution is -2.55. The highest BCUT2D eigenvalue weighted by molar-refractivity contribution is 6.03. The summed E-state index contributed by atoms with van der Waals surface area (Å²) >= 11 is 0. The van der Waals surface area contributed by atoms with E-state index >= 15 is 0 Å². The van der Waals surface area contributed by atoms with Gasteiger partial charge in [-0.1, -0.05) is 13.8 Å². The monoisotopic (exact) mass is 266 g/mol. The van der Waals surface area contributed by atoms with Crippen LogP contribution in [0.3, 0.4) is 0 Å². The van der Waals surface area contributed by atoms with Gasteiger partial charge >= 0.3 is 0 Å². The van der Waals surface area contributed by atoms with E-state index in [1.807, 2.05) is 13.8 Å². The summed E-state index contributed by atoms with van der Waals surface area (Å²) in [6.07, 6.45) is 2.85. The molecule has 106 valence electrons. The minimum atomic E-state index is -1.53. The third-order valence-corrected chi connectivity index (χ3v) is 5.04. The molecule has 0 saturated heterocycles. The SMILES string of the molecule is CC(=CO)C(=O)[C@@H]1C[C@H](C)[C@H]2CC[C@@H](C)C(=O)[C@]21O. The summed E-state index contributed by atoms with van der Waals surface area (Å²) in [6, 6.07) is 0. The Kier molecular flexibility index (Phi) is 3.56. The van der Waals surface area contributed by atoms with E-state index in [4.69, 9.17) is 5.11 Å². The Bertz CT molecular complexity index is 439. The van der Waals surface area contributed by atoms with E-state index in [0.717, 1.165) is 19.1 Å². The van der Waals surface area contributed by atoms with Crippen LogP contribution in [0.2, 0.25) is 0 Å². The Morgan fingerprint density at radius 1 is 1.37 bits per heavy atom. The fourth-order valence-electron chi connectivity index (χ4n) is 3.87. The number of ketones is 2. The van der Waals surface area contributed by atoms with Gasteiger partial charge in [-0.25, -0.2) is 0 Å². The maximum Gasteiger partial charge on any atom is 0.168 e. The van der Waals surface area contributed by atoms with Crippen molar-refractivity contribution >= 4 is 11.6 Å². The third kappa shape index (κ3) is 1.93. The second-order valence-electron chi connectivity index (χ2n) is 6.22. The van der Waals surface area contributed by atoms with Gasteiger partial charge in [-0.3, -0.25) is 9.59 Å². The van der Waals surface area contributed by atoms with Crippen molar-refractivity contribution in [1.29, 1.82) is 0 Å². The van der Waals surface area contributed by atoms with Gasteiger partial charge in [-0.2, -0.15) is 0 Å². The number of hydrogen-bond acceptors (Lipinski definition) is 4. The number of aliphatic hydroxyl groups excluding tert-OH is 1. The maximum atomic E-state index is 12.4. The molecule has 0 unspecified atom stereocenters. The molecule has 0 spiro atoms. The highest BCUT2D eigenvalue weighted by atomic mass is 16.3. The first kappa shape index (κ1) is 14.3. The van der Waals surface area contributed by atoms with E-state index in [1.165, 1.54) is 6.92 Å². The minimum absolute atomic E-state index is 0.128. The Hall–Kier alpha value is -1.16. The van der Waals surface area contributed by atoms with Crippen LogP contribution in [0.5, 0.6) is 0 Å². The van der Waals surface area contributed by atoms with Crippen LogP contribution in [-0.4, -0.2) is 27.4 Å². The van der Waals surface area contributed by atoms with E-state index < -0.39 is 11.5 Å². The summed E-state index contributed by atoms with van der Waals surface area (Å²) < 4.78 is 0. The highest BCUT2D eigenvalue weighted by Gasteiger charge is 2.61. The molecule has 2 saturated carbocycles. The smallest absolute Gasteiger partial charge is 0.168 e. The van der Waals surface area contributed by atoms with Gasteiger partial charge < -0.3 is 10.2 Å². The molecule has 2 rings (SSSR count). The molecule has 2 N–H and O–H groups in total. The number of aliphatic hydroxyl groups is 2. The standard InChI is InChI=1S/C15H22O4/c1-8-4-5-11-9(2)6-12(13(17)10(3)7-16)15(11,19)14(8)18/h7-9,11-12,16,19H,4-6H2,1-3H3/t8-,9+,11-,12+,15+/m1/s1. The molecule has 0 aromatic carbocycles. The molecule has 4 nitrogen and oxygen atoms in total. The van der Waals surface area contributed by atoms with Crippen molar-refractivity contribution in [3.05, 3.63) is 11.8 Å². The first-order valence-corrected chi connectivity index (χ1v) is 6.95. The minimum Gasteiger partial charge on any atom is -0.515 e. The largest absolute Gasteiger partial charge is 0.515 e. The molecule has 0 heterocycles. The molecule has 0 radical (unpaired) electrons. The topological polar surface area (TPSA) is 74.6 Å². The average Bonchev–Trinajstić information content (AvgIpc) is 2.66. The lowest BCUT2D eigenvalue weighted by molar-refractivity contribution is -0.160. The zero-order valence-electron chi connectivity index (χ0n) is 11.7. The lowest BCUT2D eigenvalue weighted by atomic mass is 9.66. The molecule has 2 aliphatic rings. The molecule has 0 amide bonds. The second kappa shape index (κ2) is 4.75. The molecule has 2 aliphatic carbocycles. The fourth-order valence-corrected chi connectivity index (χ4v) is 3.87. The number of rotatable bonds is 2. The van der Waals surface area contributed by atoms with Crippen molar-refractivity contribution in [2.24, 2.45) is 23.7 Å². The molecule has 0 aliphatic heterocycles. The Morgan fingerprint density at radius 3 is 2.58 bits per heavy atom. The van der Waals surface area contributed by atoms with Crippen LogP contribution in [0.1, 0.15) is 40.0 Å². The summed E-state index contributed by atoms with van der Waals surface area (Å²) in [7, 11) is 0. The van der Waals surface area contributed by atoms with E-state index in [1.54, 1.807) is 0 Å². The molecule has 0 aromatic heterocycles. The Labute approximate surface area is 113 Å². The zero-order valence-corrected chi connectivity index (χ0v) is 11.7. The molecule has 5 atom stereocenters. The third-order valence-electron chi connectivity index (χ3n) is 5.04. The Morgan fingerprint density at radius 2 is 2.00 bits per heavy atom. The van der Waals surface area contributed by atoms with E-state index in [9.17, 15) is 14.7 Å². The summed E-state index contributed by atoms with van der Waals surface area (Å²) in [5.41, 5.74) is -1.32. The van der Waals surface area contributed by atoms with Gasteiger partial charge in [0, 0.05) is 11.5 Å². The molecule has 4 heteroatoms. The van der Waals surface area contributed by atoms with E-state index in [0.29, 0.717) is 6.42 Å². The maximum absolute atomic E-state index is 12.4. The normalized spacial score (nSPS) is 43.2. The quantitative estimate of drug-likeness (QED) is 0.592. The number of fused-ring (bicyclic) bond motifs is 1. The van der Waals surface area contributed by atoms with Crippen LogP contribution >= 0.6 is 0 Å². The average molecular weight is 266 g/mol. The number of allylic oxidation sites excluding steroid dienone is 1. The molecule has 0 aromatic rings. The molecular weight excluding hydrogens is 244 g/mol. The number of carbonyl (C=O) groups excluding carboxylic acids is 2. The molecule has 2 fully saturated rings. The van der Waals surface area contributed by atoms with Gasteiger partial charge in [0.05, 0.1) is 12.2 Å². The van der Waals surface area contributed by atoms with Gasteiger partial charge in [-0.05, 0) is 38.0 Å². The van der Waals surface area contributed by atoms with Gasteiger partial charge in [0.2, 0.25) is 0 Å². The van der Waals surface area contributed by atoms with Crippen LogP contribution < -0.4 is 0 Å². The van der Waals surface area contributed by atoms with Gasteiger partial charge in [0.25, 0.3) is 0 Å². The van der Waals surface area contributed by atoms with Gasteiger partial charge in [-0.15, -0.1) is 0 Å². The highest BCUT2D eigenvalue weighted by Crippen LogP contribution is 2.52. The van der Waals surface area contributed by atoms with Crippen LogP contribution in [0.15, 0.2) is 11.8 Å². The number of hydrogen-bond donors (Lipinski definition) is 2. The summed E-state index contributed by atoms with van der Waals surface area (Å²) in [5, 5.41) is 19.9. The molecule has 19 heavy (non-hydrogen) atoms. The van der Waals surface area contributed by atoms with Crippen molar-refractivity contribution in [3.8, 4) is 0 Å². The zero-order chi connectivity index (χ0) is 14.4. The predicted molar refractivity (Wildman–Crippen MR) is 70.5 cm³/mol. The summed E-state index contributed by atoms with van der Waals surface area (Å²) in [6.45, 7) is 5.32. The van der Waals surface area contributed by atoms with E-state index in [2.05, 4.69) is 0 Å². The van der Waals surface area contributed by atoms with Crippen molar-refractivity contribution in [1.82, 2.24) is 0 Å². The summed E-state index contributed by atoms with van der Waals surface area (Å²) in [4.78, 5) is 24.7. The van der Waals surface area contributed by atoms with Crippen molar-refractivity contribution in [2.75, 3.05) is 0 Å². The van der Waals surface area contributed by atoms with Crippen LogP contribution in [0.4, 0.5) is 0 Å². The van der Waals surface area contributed by atoms with Crippen molar-refractivity contribution in [2.45, 2.75) is 45.6 Å². The summed E-state index contributed by atoms with van der Waals surface area (Å²) in [5.74, 6) is -1.37. The lowest BCUT2D eigenvalue weighted by Gasteiger charge is -2.40. The van der Waals surface area contributed by atoms with E-state index in [-0.39, 0.29) is 34.9 Å².